The van der Waals surface area contributed by atoms with Crippen LogP contribution in [0.4, 0.5) is 5.69 Å². The highest BCUT2D eigenvalue weighted by Crippen LogP contribution is 2.21. The number of hydrogen-bond donors (Lipinski definition) is 2. The molecule has 0 bridgehead atoms. The van der Waals surface area contributed by atoms with Gasteiger partial charge in [-0.3, -0.25) is 4.79 Å². The lowest BCUT2D eigenvalue weighted by Crippen LogP contribution is -2.45. The molecule has 2 rings (SSSR count). The van der Waals surface area contributed by atoms with E-state index in [0.29, 0.717) is 5.56 Å². The first-order valence-electron chi connectivity index (χ1n) is 8.79. The molecule has 1 aliphatic heterocycles. The Kier molecular flexibility index (Phi) is 6.05. The van der Waals surface area contributed by atoms with Gasteiger partial charge in [0.1, 0.15) is 0 Å². The molecule has 4 nitrogen and oxygen atoms in total. The molecule has 0 saturated carbocycles. The van der Waals surface area contributed by atoms with Gasteiger partial charge in [0.05, 0.1) is 5.60 Å². The van der Waals surface area contributed by atoms with Crippen LogP contribution in [0, 0.1) is 5.92 Å². The van der Waals surface area contributed by atoms with E-state index in [1.807, 2.05) is 38.1 Å². The third-order valence-corrected chi connectivity index (χ3v) is 5.13. The maximum atomic E-state index is 12.3. The van der Waals surface area contributed by atoms with Crippen molar-refractivity contribution in [3.05, 3.63) is 29.8 Å². The van der Waals surface area contributed by atoms with Gasteiger partial charge in [-0.25, -0.2) is 0 Å². The normalized spacial score (nSPS) is 19.0. The Morgan fingerprint density at radius 3 is 2.43 bits per heavy atom. The van der Waals surface area contributed by atoms with Gasteiger partial charge in [0.2, 0.25) is 0 Å². The fourth-order valence-electron chi connectivity index (χ4n) is 2.95. The van der Waals surface area contributed by atoms with Crippen LogP contribution in [0.25, 0.3) is 0 Å². The van der Waals surface area contributed by atoms with Crippen molar-refractivity contribution in [2.75, 3.05) is 24.5 Å². The maximum Gasteiger partial charge on any atom is 0.251 e. The number of nitrogens with zero attached hydrogens (tertiary/aromatic N) is 1. The van der Waals surface area contributed by atoms with Gasteiger partial charge in [-0.2, -0.15) is 0 Å². The minimum absolute atomic E-state index is 0.126. The summed E-state index contributed by atoms with van der Waals surface area (Å²) in [4.78, 5) is 14.6. The Bertz CT molecular complexity index is 505. The van der Waals surface area contributed by atoms with Crippen molar-refractivity contribution >= 4 is 11.6 Å². The molecule has 128 valence electrons. The molecule has 0 aliphatic carbocycles. The summed E-state index contributed by atoms with van der Waals surface area (Å²) in [6, 6.07) is 7.79. The third-order valence-electron chi connectivity index (χ3n) is 5.13. The number of benzene rings is 1. The number of amides is 1. The molecule has 2 atom stereocenters. The summed E-state index contributed by atoms with van der Waals surface area (Å²) in [5.74, 6) is 0.0167. The van der Waals surface area contributed by atoms with Gasteiger partial charge < -0.3 is 15.3 Å². The molecule has 1 aliphatic rings. The first-order valence-corrected chi connectivity index (χ1v) is 8.79. The predicted molar refractivity (Wildman–Crippen MR) is 94.9 cm³/mol. The monoisotopic (exact) mass is 318 g/mol. The average Bonchev–Trinajstić information content (AvgIpc) is 2.60. The van der Waals surface area contributed by atoms with Crippen molar-refractivity contribution in [2.24, 2.45) is 5.92 Å². The molecule has 1 heterocycles. The van der Waals surface area contributed by atoms with Crippen LogP contribution in [-0.4, -0.2) is 36.2 Å². The van der Waals surface area contributed by atoms with E-state index < -0.39 is 5.60 Å². The SMILES string of the molecule is CCC(C)C(C)(O)CNC(=O)c1ccc(N2CCCCC2)cc1. The third kappa shape index (κ3) is 4.71. The second-order valence-electron chi connectivity index (χ2n) is 6.94. The summed E-state index contributed by atoms with van der Waals surface area (Å²) in [6.45, 7) is 8.29. The van der Waals surface area contributed by atoms with E-state index in [4.69, 9.17) is 0 Å². The minimum Gasteiger partial charge on any atom is -0.388 e. The molecule has 1 aromatic rings. The van der Waals surface area contributed by atoms with Crippen LogP contribution >= 0.6 is 0 Å². The number of carbonyl (C=O) groups is 1. The molecule has 2 N–H and O–H groups in total. The number of aliphatic hydroxyl groups is 1. The van der Waals surface area contributed by atoms with Crippen LogP contribution < -0.4 is 10.2 Å². The van der Waals surface area contributed by atoms with E-state index in [1.165, 1.54) is 24.9 Å². The fourth-order valence-corrected chi connectivity index (χ4v) is 2.95. The zero-order chi connectivity index (χ0) is 16.9. The van der Waals surface area contributed by atoms with Crippen molar-refractivity contribution in [3.8, 4) is 0 Å². The number of hydrogen-bond acceptors (Lipinski definition) is 3. The topological polar surface area (TPSA) is 52.6 Å². The van der Waals surface area contributed by atoms with E-state index in [2.05, 4.69) is 10.2 Å². The fraction of sp³-hybridized carbons (Fsp3) is 0.632. The van der Waals surface area contributed by atoms with E-state index >= 15 is 0 Å². The van der Waals surface area contributed by atoms with Gasteiger partial charge in [-0.1, -0.05) is 20.3 Å². The number of carbonyl (C=O) groups excluding carboxylic acids is 1. The highest BCUT2D eigenvalue weighted by molar-refractivity contribution is 5.94. The molecule has 1 fully saturated rings. The molecule has 0 aromatic heterocycles. The predicted octanol–water partition coefficient (Wildman–Crippen LogP) is 3.20. The molecular formula is C19H30N2O2. The molecule has 0 spiro atoms. The first kappa shape index (κ1) is 17.8. The number of piperidine rings is 1. The molecule has 2 unspecified atom stereocenters. The highest BCUT2D eigenvalue weighted by Gasteiger charge is 2.27. The molecule has 4 heteroatoms. The van der Waals surface area contributed by atoms with Crippen LogP contribution in [-0.2, 0) is 0 Å². The Labute approximate surface area is 139 Å². The molecule has 1 aromatic carbocycles. The van der Waals surface area contributed by atoms with Crippen molar-refractivity contribution in [2.45, 2.75) is 52.1 Å². The van der Waals surface area contributed by atoms with Crippen molar-refractivity contribution in [1.82, 2.24) is 5.32 Å². The Hall–Kier alpha value is -1.55. The standard InChI is InChI=1S/C19H30N2O2/c1-4-15(2)19(3,23)14-20-18(22)16-8-10-17(11-9-16)21-12-6-5-7-13-21/h8-11,15,23H,4-7,12-14H2,1-3H3,(H,20,22). The summed E-state index contributed by atoms with van der Waals surface area (Å²) < 4.78 is 0. The summed E-state index contributed by atoms with van der Waals surface area (Å²) in [6.07, 6.45) is 4.68. The van der Waals surface area contributed by atoms with Gasteiger partial charge in [0.15, 0.2) is 0 Å². The van der Waals surface area contributed by atoms with Crippen LogP contribution in [0.5, 0.6) is 0 Å². The molecule has 1 saturated heterocycles. The first-order chi connectivity index (χ1) is 10.9. The zero-order valence-corrected chi connectivity index (χ0v) is 14.6. The van der Waals surface area contributed by atoms with Gasteiger partial charge in [0, 0.05) is 30.9 Å². The van der Waals surface area contributed by atoms with E-state index in [1.54, 1.807) is 6.92 Å². The summed E-state index contributed by atoms with van der Waals surface area (Å²) in [7, 11) is 0. The van der Waals surface area contributed by atoms with E-state index in [0.717, 1.165) is 19.5 Å². The molecule has 23 heavy (non-hydrogen) atoms. The largest absolute Gasteiger partial charge is 0.388 e. The van der Waals surface area contributed by atoms with Crippen LogP contribution in [0.15, 0.2) is 24.3 Å². The number of rotatable bonds is 6. The quantitative estimate of drug-likeness (QED) is 0.847. The minimum atomic E-state index is -0.877. The lowest BCUT2D eigenvalue weighted by atomic mass is 9.88. The average molecular weight is 318 g/mol. The number of nitrogens with one attached hydrogen (secondary N) is 1. The summed E-state index contributed by atoms with van der Waals surface area (Å²) in [5, 5.41) is 13.2. The molecule has 1 amide bonds. The van der Waals surface area contributed by atoms with Crippen molar-refractivity contribution < 1.29 is 9.90 Å². The van der Waals surface area contributed by atoms with Crippen LogP contribution in [0.1, 0.15) is 56.8 Å². The van der Waals surface area contributed by atoms with Crippen LogP contribution in [0.3, 0.4) is 0 Å². The second kappa shape index (κ2) is 7.82. The second-order valence-corrected chi connectivity index (χ2v) is 6.94. The molecular weight excluding hydrogens is 288 g/mol. The zero-order valence-electron chi connectivity index (χ0n) is 14.6. The summed E-state index contributed by atoms with van der Waals surface area (Å²) >= 11 is 0. The van der Waals surface area contributed by atoms with Crippen LogP contribution in [0.2, 0.25) is 0 Å². The molecule has 0 radical (unpaired) electrons. The Morgan fingerprint density at radius 2 is 1.87 bits per heavy atom. The number of anilines is 1. The van der Waals surface area contributed by atoms with E-state index in [9.17, 15) is 9.90 Å². The lowest BCUT2D eigenvalue weighted by molar-refractivity contribution is 0.00593. The van der Waals surface area contributed by atoms with E-state index in [-0.39, 0.29) is 18.4 Å². The highest BCUT2D eigenvalue weighted by atomic mass is 16.3. The maximum absolute atomic E-state index is 12.3. The van der Waals surface area contributed by atoms with Gasteiger partial charge in [0.25, 0.3) is 5.91 Å². The van der Waals surface area contributed by atoms with Gasteiger partial charge in [-0.05, 0) is 56.4 Å². The van der Waals surface area contributed by atoms with Crippen molar-refractivity contribution in [3.63, 3.8) is 0 Å². The van der Waals surface area contributed by atoms with Gasteiger partial charge in [-0.15, -0.1) is 0 Å². The lowest BCUT2D eigenvalue weighted by Gasteiger charge is -2.30. The van der Waals surface area contributed by atoms with Crippen molar-refractivity contribution in [1.29, 1.82) is 0 Å². The van der Waals surface area contributed by atoms with Gasteiger partial charge >= 0.3 is 0 Å². The smallest absolute Gasteiger partial charge is 0.251 e. The summed E-state index contributed by atoms with van der Waals surface area (Å²) in [5.41, 5.74) is 0.955. The Morgan fingerprint density at radius 1 is 1.26 bits per heavy atom. The Balaban J connectivity index is 1.92.